The normalized spacial score (nSPS) is 14.4. The predicted octanol–water partition coefficient (Wildman–Crippen LogP) is 8.37. The average molecular weight is 717 g/mol. The molecule has 1 aliphatic heterocycles. The van der Waals surface area contributed by atoms with Crippen LogP contribution in [-0.2, 0) is 29.5 Å². The molecule has 0 spiro atoms. The summed E-state index contributed by atoms with van der Waals surface area (Å²) in [6.07, 6.45) is 2.29. The first-order valence-corrected chi connectivity index (χ1v) is 17.9. The number of carboxylic acids is 1. The molecule has 0 saturated carbocycles. The Morgan fingerprint density at radius 2 is 1.75 bits per heavy atom. The minimum atomic E-state index is -0.747. The number of aryl methyl sites for hydroxylation is 3. The number of carbonyl (C=O) groups is 2. The van der Waals surface area contributed by atoms with E-state index in [2.05, 4.69) is 9.47 Å². The molecule has 0 aliphatic carbocycles. The zero-order valence-electron chi connectivity index (χ0n) is 30.2. The highest BCUT2D eigenvalue weighted by molar-refractivity contribution is 6.35. The van der Waals surface area contributed by atoms with Gasteiger partial charge in [0.15, 0.2) is 0 Å². The van der Waals surface area contributed by atoms with Gasteiger partial charge in [0, 0.05) is 47.7 Å². The standard InChI is InChI=1S/C40H46ClFN4O5/c1-24-34(25(2)44(6)43-24)35-32(41)15-14-31-30(10-8-22-50-33-11-7-9-27-23-28(42)12-13-29(27)33)37(39(49)51-40(3,4)5)46(36(31)35)21-20-45-18-16-26(17-19-45)38(47)48/h7,9,11-15,23,26H,8,10,16-22H2,1-6H3,(H,47,48). The minimum absolute atomic E-state index is 0.299. The topological polar surface area (TPSA) is 98.8 Å². The van der Waals surface area contributed by atoms with Crippen LogP contribution in [-0.4, -0.2) is 68.1 Å². The van der Waals surface area contributed by atoms with E-state index >= 15 is 0 Å². The van der Waals surface area contributed by atoms with E-state index in [0.717, 1.165) is 49.8 Å². The summed E-state index contributed by atoms with van der Waals surface area (Å²) >= 11 is 7.08. The molecule has 9 nitrogen and oxygen atoms in total. The lowest BCUT2D eigenvalue weighted by Crippen LogP contribution is -2.38. The third-order valence-electron chi connectivity index (χ3n) is 9.84. The second-order valence-electron chi connectivity index (χ2n) is 14.5. The maximum Gasteiger partial charge on any atom is 0.355 e. The van der Waals surface area contributed by atoms with Gasteiger partial charge in [-0.05, 0) is 115 Å². The molecule has 11 heteroatoms. The van der Waals surface area contributed by atoms with E-state index < -0.39 is 17.5 Å². The van der Waals surface area contributed by atoms with Gasteiger partial charge in [-0.1, -0.05) is 29.8 Å². The van der Waals surface area contributed by atoms with Gasteiger partial charge in [0.2, 0.25) is 0 Å². The van der Waals surface area contributed by atoms with E-state index in [0.29, 0.717) is 74.9 Å². The van der Waals surface area contributed by atoms with Crippen LogP contribution in [0.1, 0.15) is 67.5 Å². The number of rotatable bonds is 11. The third-order valence-corrected chi connectivity index (χ3v) is 10.2. The highest BCUT2D eigenvalue weighted by Crippen LogP contribution is 2.42. The lowest BCUT2D eigenvalue weighted by Gasteiger charge is -2.30. The Kier molecular flexibility index (Phi) is 10.5. The van der Waals surface area contributed by atoms with Crippen LogP contribution in [0.2, 0.25) is 5.02 Å². The second kappa shape index (κ2) is 14.7. The third kappa shape index (κ3) is 7.62. The number of benzene rings is 3. The van der Waals surface area contributed by atoms with Crippen molar-refractivity contribution in [3.63, 3.8) is 0 Å². The fourth-order valence-electron chi connectivity index (χ4n) is 7.33. The number of carbonyl (C=O) groups excluding carboxylic acids is 1. The molecular weight excluding hydrogens is 671 g/mol. The van der Waals surface area contributed by atoms with Crippen molar-refractivity contribution in [3.05, 3.63) is 82.0 Å². The summed E-state index contributed by atoms with van der Waals surface area (Å²) in [6, 6.07) is 14.1. The molecule has 0 amide bonds. The number of hydrogen-bond acceptors (Lipinski definition) is 6. The maximum absolute atomic E-state index is 14.3. The first kappa shape index (κ1) is 36.4. The van der Waals surface area contributed by atoms with E-state index in [1.165, 1.54) is 12.1 Å². The minimum Gasteiger partial charge on any atom is -0.493 e. The van der Waals surface area contributed by atoms with Crippen molar-refractivity contribution >= 4 is 45.2 Å². The van der Waals surface area contributed by atoms with Gasteiger partial charge in [-0.25, -0.2) is 9.18 Å². The van der Waals surface area contributed by atoms with Crippen LogP contribution in [0.3, 0.4) is 0 Å². The van der Waals surface area contributed by atoms with Crippen LogP contribution >= 0.6 is 11.6 Å². The monoisotopic (exact) mass is 716 g/mol. The van der Waals surface area contributed by atoms with Crippen LogP contribution in [0.4, 0.5) is 4.39 Å². The van der Waals surface area contributed by atoms with Crippen LogP contribution < -0.4 is 4.74 Å². The quantitative estimate of drug-likeness (QED) is 0.108. The Morgan fingerprint density at radius 1 is 1.02 bits per heavy atom. The summed E-state index contributed by atoms with van der Waals surface area (Å²) in [5.74, 6) is -1.13. The van der Waals surface area contributed by atoms with Crippen molar-refractivity contribution in [1.29, 1.82) is 0 Å². The molecular formula is C40H46ClFN4O5. The number of piperidine rings is 1. The lowest BCUT2D eigenvalue weighted by molar-refractivity contribution is -0.143. The predicted molar refractivity (Wildman–Crippen MR) is 198 cm³/mol. The van der Waals surface area contributed by atoms with Crippen LogP contribution in [0.15, 0.2) is 48.5 Å². The Morgan fingerprint density at radius 3 is 2.41 bits per heavy atom. The molecule has 6 rings (SSSR count). The fraction of sp³-hybridized carbons (Fsp3) is 0.425. The summed E-state index contributed by atoms with van der Waals surface area (Å²) in [5.41, 5.74) is 4.96. The largest absolute Gasteiger partial charge is 0.493 e. The van der Waals surface area contributed by atoms with Crippen LogP contribution in [0, 0.1) is 25.6 Å². The van der Waals surface area contributed by atoms with Gasteiger partial charge in [-0.15, -0.1) is 0 Å². The van der Waals surface area contributed by atoms with Gasteiger partial charge < -0.3 is 24.0 Å². The van der Waals surface area contributed by atoms with Gasteiger partial charge >= 0.3 is 11.9 Å². The lowest BCUT2D eigenvalue weighted by atomic mass is 9.97. The van der Waals surface area contributed by atoms with E-state index in [9.17, 15) is 19.1 Å². The summed E-state index contributed by atoms with van der Waals surface area (Å²) in [6.45, 7) is 12.3. The number of carboxylic acid groups (broad SMARTS) is 1. The molecule has 5 aromatic rings. The zero-order chi connectivity index (χ0) is 36.6. The van der Waals surface area contributed by atoms with E-state index in [1.54, 1.807) is 6.07 Å². The Labute approximate surface area is 302 Å². The van der Waals surface area contributed by atoms with Crippen LogP contribution in [0.5, 0.6) is 5.75 Å². The van der Waals surface area contributed by atoms with E-state index in [4.69, 9.17) is 26.2 Å². The summed E-state index contributed by atoms with van der Waals surface area (Å²) in [4.78, 5) is 28.2. The van der Waals surface area contributed by atoms with E-state index in [1.807, 2.05) is 76.7 Å². The van der Waals surface area contributed by atoms with Crippen molar-refractivity contribution in [1.82, 2.24) is 19.2 Å². The van der Waals surface area contributed by atoms with Crippen molar-refractivity contribution in [2.75, 3.05) is 26.2 Å². The smallest absolute Gasteiger partial charge is 0.355 e. The number of hydrogen-bond donors (Lipinski definition) is 1. The highest BCUT2D eigenvalue weighted by Gasteiger charge is 2.31. The highest BCUT2D eigenvalue weighted by atomic mass is 35.5. The summed E-state index contributed by atoms with van der Waals surface area (Å²) in [5, 5.41) is 17.3. The molecule has 1 N–H and O–H groups in total. The number of halogens is 2. The van der Waals surface area contributed by atoms with Gasteiger partial charge in [0.05, 0.1) is 28.8 Å². The molecule has 3 aromatic carbocycles. The summed E-state index contributed by atoms with van der Waals surface area (Å²) in [7, 11) is 1.91. The summed E-state index contributed by atoms with van der Waals surface area (Å²) < 4.78 is 30.1. The number of likely N-dealkylation sites (tertiary alicyclic amines) is 1. The van der Waals surface area contributed by atoms with Gasteiger partial charge in [0.1, 0.15) is 22.9 Å². The molecule has 1 fully saturated rings. The number of nitrogens with zero attached hydrogens (tertiary/aromatic N) is 4. The van der Waals surface area contributed by atoms with Gasteiger partial charge in [-0.2, -0.15) is 5.10 Å². The number of fused-ring (bicyclic) bond motifs is 2. The zero-order valence-corrected chi connectivity index (χ0v) is 30.9. The molecule has 0 bridgehead atoms. The molecule has 270 valence electrons. The second-order valence-corrected chi connectivity index (χ2v) is 14.9. The SMILES string of the molecule is Cc1nn(C)c(C)c1-c1c(Cl)ccc2c(CCCOc3cccc4cc(F)ccc34)c(C(=O)OC(C)(C)C)n(CCN3CCC(C(=O)O)CC3)c12. The Balaban J connectivity index is 1.42. The first-order chi connectivity index (χ1) is 24.2. The molecule has 0 unspecified atom stereocenters. The molecule has 3 heterocycles. The van der Waals surface area contributed by atoms with Gasteiger partial charge in [0.25, 0.3) is 0 Å². The number of ether oxygens (including phenoxy) is 2. The first-order valence-electron chi connectivity index (χ1n) is 17.6. The van der Waals surface area contributed by atoms with Crippen molar-refractivity contribution in [2.24, 2.45) is 13.0 Å². The molecule has 0 radical (unpaired) electrons. The average Bonchev–Trinajstić information content (AvgIpc) is 3.52. The molecule has 2 aromatic heterocycles. The van der Waals surface area contributed by atoms with Crippen molar-refractivity contribution in [3.8, 4) is 16.9 Å². The van der Waals surface area contributed by atoms with Crippen LogP contribution in [0.25, 0.3) is 32.8 Å². The fourth-order valence-corrected chi connectivity index (χ4v) is 7.58. The molecule has 0 atom stereocenters. The number of aliphatic carboxylic acids is 1. The van der Waals surface area contributed by atoms with Crippen molar-refractivity contribution < 1.29 is 28.6 Å². The Bertz CT molecular complexity index is 2110. The van der Waals surface area contributed by atoms with Gasteiger partial charge in [-0.3, -0.25) is 9.48 Å². The maximum atomic E-state index is 14.3. The molecule has 1 saturated heterocycles. The van der Waals surface area contributed by atoms with E-state index in [-0.39, 0.29) is 11.7 Å². The Hall–Kier alpha value is -4.41. The number of esters is 1. The molecule has 1 aliphatic rings. The molecule has 51 heavy (non-hydrogen) atoms. The number of aromatic nitrogens is 3. The van der Waals surface area contributed by atoms with Crippen molar-refractivity contribution in [2.45, 2.75) is 72.4 Å².